The molecule has 0 aliphatic heterocycles. The first-order valence-corrected chi connectivity index (χ1v) is 13.9. The number of hydrogen-bond donors (Lipinski definition) is 1. The van der Waals surface area contributed by atoms with Crippen LogP contribution in [0.15, 0.2) is 12.4 Å². The molecule has 0 aromatic carbocycles. The largest absolute Gasteiger partial charge is 0.434 e. The fourth-order valence-electron chi connectivity index (χ4n) is 3.32. The van der Waals surface area contributed by atoms with Crippen molar-refractivity contribution >= 4 is 19.6 Å². The third-order valence-corrected chi connectivity index (χ3v) is 6.54. The van der Waals surface area contributed by atoms with Crippen LogP contribution in [0.5, 0.6) is 0 Å². The number of aromatic nitrogens is 4. The molecule has 0 saturated heterocycles. The van der Waals surface area contributed by atoms with Gasteiger partial charge in [-0.25, -0.2) is 19.3 Å². The molecule has 15 heteroatoms. The minimum atomic E-state index is -3.60. The summed E-state index contributed by atoms with van der Waals surface area (Å²) in [4.78, 5) is 28.9. The second kappa shape index (κ2) is 16.9. The number of rotatable bonds is 14. The van der Waals surface area contributed by atoms with Gasteiger partial charge in [0, 0.05) is 19.5 Å². The van der Waals surface area contributed by atoms with Crippen LogP contribution < -0.4 is 5.50 Å². The molecule has 2 heterocycles. The Bertz CT molecular complexity index is 987. The summed E-state index contributed by atoms with van der Waals surface area (Å²) in [6.45, 7) is 13.0. The van der Waals surface area contributed by atoms with Crippen LogP contribution in [-0.4, -0.2) is 46.7 Å². The maximum absolute atomic E-state index is 12.9. The lowest BCUT2D eigenvalue weighted by molar-refractivity contribution is -0.396. The number of aryl methyl sites for hydroxylation is 2. The molecular formula is C21H41N8O6P. The first kappa shape index (κ1) is 33.3. The molecule has 0 aliphatic carbocycles. The molecule has 2 N–H and O–H groups in total. The van der Waals surface area contributed by atoms with Gasteiger partial charge in [-0.05, 0) is 29.1 Å². The SMILES string of the molecule is CC.CC.CCCN(CCC)P(N)(=O)OCc1c(CCCn2ccnc2[N+](=O)[O-])nc([N+](=O)[O-])n1C. The Morgan fingerprint density at radius 1 is 1.08 bits per heavy atom. The summed E-state index contributed by atoms with van der Waals surface area (Å²) in [7, 11) is -2.13. The van der Waals surface area contributed by atoms with Crippen molar-refractivity contribution in [2.75, 3.05) is 13.1 Å². The van der Waals surface area contributed by atoms with E-state index in [1.54, 1.807) is 4.67 Å². The van der Waals surface area contributed by atoms with Crippen LogP contribution in [0.25, 0.3) is 0 Å². The van der Waals surface area contributed by atoms with E-state index >= 15 is 0 Å². The lowest BCUT2D eigenvalue weighted by Crippen LogP contribution is -2.27. The van der Waals surface area contributed by atoms with Crippen molar-refractivity contribution in [1.82, 2.24) is 23.8 Å². The topological polar surface area (TPSA) is 177 Å². The summed E-state index contributed by atoms with van der Waals surface area (Å²) in [5.41, 5.74) is 6.75. The number of nitro groups is 2. The maximum atomic E-state index is 12.9. The van der Waals surface area contributed by atoms with Gasteiger partial charge in [0.1, 0.15) is 24.7 Å². The van der Waals surface area contributed by atoms with Crippen molar-refractivity contribution in [2.24, 2.45) is 12.6 Å². The standard InChI is InChI=1S/C17H29N8O6P.2C2H6/c1-4-9-23(10-5-2)32(18,30)31-13-15-14(20-17(21(15)3)25(28)29)7-6-11-22-12-8-19-16(22)24(26)27;2*1-2/h8,12H,4-7,9-11,13H2,1-3H3,(H2,18,30);2*1-2H3. The van der Waals surface area contributed by atoms with Gasteiger partial charge >= 0.3 is 19.6 Å². The number of nitrogens with two attached hydrogens (primary N) is 1. The molecule has 206 valence electrons. The molecule has 1 atom stereocenters. The molecule has 2 rings (SSSR count). The monoisotopic (exact) mass is 532 g/mol. The zero-order valence-electron chi connectivity index (χ0n) is 22.4. The summed E-state index contributed by atoms with van der Waals surface area (Å²) in [5, 5.41) is 22.3. The summed E-state index contributed by atoms with van der Waals surface area (Å²) >= 11 is 0. The van der Waals surface area contributed by atoms with Crippen LogP contribution >= 0.6 is 7.67 Å². The van der Waals surface area contributed by atoms with Crippen molar-refractivity contribution < 1.29 is 18.9 Å². The Morgan fingerprint density at radius 3 is 2.14 bits per heavy atom. The molecule has 36 heavy (non-hydrogen) atoms. The van der Waals surface area contributed by atoms with Crippen molar-refractivity contribution in [1.29, 1.82) is 0 Å². The third-order valence-electron chi connectivity index (χ3n) is 4.85. The Morgan fingerprint density at radius 2 is 1.64 bits per heavy atom. The van der Waals surface area contributed by atoms with Gasteiger partial charge in [-0.3, -0.25) is 9.09 Å². The van der Waals surface area contributed by atoms with E-state index in [4.69, 9.17) is 10.0 Å². The van der Waals surface area contributed by atoms with Gasteiger partial charge in [0.15, 0.2) is 5.69 Å². The molecule has 0 spiro atoms. The molecule has 1 unspecified atom stereocenters. The van der Waals surface area contributed by atoms with Crippen molar-refractivity contribution in [3.05, 3.63) is 44.0 Å². The van der Waals surface area contributed by atoms with Gasteiger partial charge in [-0.1, -0.05) is 51.5 Å². The summed E-state index contributed by atoms with van der Waals surface area (Å²) in [6, 6.07) is 0. The molecule has 0 amide bonds. The molecule has 2 aromatic rings. The normalized spacial score (nSPS) is 12.2. The minimum absolute atomic E-state index is 0.213. The van der Waals surface area contributed by atoms with E-state index in [0.717, 1.165) is 12.8 Å². The second-order valence-corrected chi connectivity index (χ2v) is 9.15. The predicted octanol–water partition coefficient (Wildman–Crippen LogP) is 4.82. The number of nitrogens with zero attached hydrogens (tertiary/aromatic N) is 7. The highest BCUT2D eigenvalue weighted by Crippen LogP contribution is 2.43. The minimum Gasteiger partial charge on any atom is -0.390 e. The number of hydrogen-bond acceptors (Lipinski definition) is 8. The van der Waals surface area contributed by atoms with Gasteiger partial charge < -0.3 is 20.2 Å². The summed E-state index contributed by atoms with van der Waals surface area (Å²) in [6.07, 6.45) is 5.01. The van der Waals surface area contributed by atoms with Crippen molar-refractivity contribution in [3.8, 4) is 0 Å². The van der Waals surface area contributed by atoms with E-state index in [9.17, 15) is 24.8 Å². The van der Waals surface area contributed by atoms with E-state index in [-0.39, 0.29) is 31.5 Å². The molecular weight excluding hydrogens is 491 g/mol. The van der Waals surface area contributed by atoms with Crippen molar-refractivity contribution in [2.45, 2.75) is 80.4 Å². The van der Waals surface area contributed by atoms with Crippen LogP contribution in [0.3, 0.4) is 0 Å². The maximum Gasteiger partial charge on any atom is 0.434 e. The van der Waals surface area contributed by atoms with Crippen molar-refractivity contribution in [3.63, 3.8) is 0 Å². The molecule has 0 bridgehead atoms. The quantitative estimate of drug-likeness (QED) is 0.201. The van der Waals surface area contributed by atoms with Crippen LogP contribution in [0.4, 0.5) is 11.9 Å². The highest BCUT2D eigenvalue weighted by atomic mass is 31.2. The molecule has 0 aliphatic rings. The van der Waals surface area contributed by atoms with Crippen LogP contribution in [-0.2, 0) is 35.7 Å². The van der Waals surface area contributed by atoms with E-state index in [1.807, 2.05) is 41.5 Å². The summed E-state index contributed by atoms with van der Waals surface area (Å²) in [5.74, 6) is -0.658. The zero-order chi connectivity index (χ0) is 27.9. The third kappa shape index (κ3) is 9.41. The predicted molar refractivity (Wildman–Crippen MR) is 138 cm³/mol. The number of imidazole rings is 2. The Kier molecular flexibility index (Phi) is 15.6. The Balaban J connectivity index is 0.00000291. The lowest BCUT2D eigenvalue weighted by atomic mass is 10.2. The van der Waals surface area contributed by atoms with Gasteiger partial charge in [0.25, 0.3) is 0 Å². The van der Waals surface area contributed by atoms with Crippen LogP contribution in [0.2, 0.25) is 0 Å². The average molecular weight is 533 g/mol. The first-order chi connectivity index (χ1) is 17.1. The highest BCUT2D eigenvalue weighted by molar-refractivity contribution is 7.53. The van der Waals surface area contributed by atoms with Crippen LogP contribution in [0.1, 0.15) is 72.2 Å². The van der Waals surface area contributed by atoms with Gasteiger partial charge in [-0.15, -0.1) is 0 Å². The smallest absolute Gasteiger partial charge is 0.390 e. The summed E-state index contributed by atoms with van der Waals surface area (Å²) < 4.78 is 22.8. The lowest BCUT2D eigenvalue weighted by Gasteiger charge is -2.26. The Labute approximate surface area is 212 Å². The van der Waals surface area contributed by atoms with Crippen LogP contribution in [0, 0.1) is 20.2 Å². The molecule has 0 fully saturated rings. The van der Waals surface area contributed by atoms with Gasteiger partial charge in [-0.2, -0.15) is 0 Å². The van der Waals surface area contributed by atoms with E-state index in [2.05, 4.69) is 9.97 Å². The van der Waals surface area contributed by atoms with E-state index in [0.29, 0.717) is 30.9 Å². The first-order valence-electron chi connectivity index (χ1n) is 12.2. The highest BCUT2D eigenvalue weighted by Gasteiger charge is 2.30. The fraction of sp³-hybridized carbons (Fsp3) is 0.714. The van der Waals surface area contributed by atoms with Gasteiger partial charge in [0.2, 0.25) is 0 Å². The molecule has 0 radical (unpaired) electrons. The fourth-order valence-corrected chi connectivity index (χ4v) is 4.75. The second-order valence-electron chi connectivity index (χ2n) is 7.19. The van der Waals surface area contributed by atoms with E-state index in [1.165, 1.54) is 28.6 Å². The molecule has 2 aromatic heterocycles. The van der Waals surface area contributed by atoms with Gasteiger partial charge in [0.05, 0.1) is 13.6 Å². The zero-order valence-corrected chi connectivity index (χ0v) is 23.3. The Hall–Kier alpha value is -2.67. The average Bonchev–Trinajstić information content (AvgIpc) is 3.45. The molecule has 0 saturated carbocycles. The van der Waals surface area contributed by atoms with E-state index < -0.39 is 17.5 Å². The molecule has 14 nitrogen and oxygen atoms in total.